The van der Waals surface area contributed by atoms with Gasteiger partial charge < -0.3 is 5.32 Å². The van der Waals surface area contributed by atoms with Gasteiger partial charge in [-0.05, 0) is 29.8 Å². The van der Waals surface area contributed by atoms with Crippen molar-refractivity contribution in [3.63, 3.8) is 0 Å². The van der Waals surface area contributed by atoms with Crippen LogP contribution in [0.4, 0.5) is 25.1 Å². The van der Waals surface area contributed by atoms with E-state index < -0.39 is 17.9 Å². The van der Waals surface area contributed by atoms with Gasteiger partial charge in [-0.2, -0.15) is 5.10 Å². The van der Waals surface area contributed by atoms with Crippen LogP contribution in [0.25, 0.3) is 0 Å². The summed E-state index contributed by atoms with van der Waals surface area (Å²) < 4.78 is 28.5. The van der Waals surface area contributed by atoms with E-state index in [1.807, 2.05) is 30.3 Å². The Labute approximate surface area is 165 Å². The molecule has 2 amide bonds. The molecule has 0 saturated heterocycles. The second kappa shape index (κ2) is 7.24. The number of hydrogen-bond acceptors (Lipinski definition) is 2. The zero-order chi connectivity index (χ0) is 19.7. The first-order valence-electron chi connectivity index (χ1n) is 8.74. The van der Waals surface area contributed by atoms with Crippen LogP contribution in [-0.4, -0.2) is 21.7 Å². The van der Waals surface area contributed by atoms with E-state index in [2.05, 4.69) is 15.7 Å². The highest BCUT2D eigenvalue weighted by Gasteiger charge is 2.59. The SMILES string of the molecule is O=C(Nc1ccc(Cl)cc1)Nc1cc(C2CC2(F)F)nn1Cc1ccccc1. The Morgan fingerprint density at radius 3 is 2.46 bits per heavy atom. The lowest BCUT2D eigenvalue weighted by atomic mass is 10.2. The normalized spacial score (nSPS) is 17.2. The summed E-state index contributed by atoms with van der Waals surface area (Å²) in [6.45, 7) is 0.357. The van der Waals surface area contributed by atoms with Crippen molar-refractivity contribution in [2.75, 3.05) is 10.6 Å². The molecule has 8 heteroatoms. The van der Waals surface area contributed by atoms with Crippen LogP contribution in [0.15, 0.2) is 60.7 Å². The number of aromatic nitrogens is 2. The molecule has 2 N–H and O–H groups in total. The molecule has 1 atom stereocenters. The van der Waals surface area contributed by atoms with Crippen LogP contribution in [0, 0.1) is 0 Å². The van der Waals surface area contributed by atoms with Gasteiger partial charge in [-0.15, -0.1) is 0 Å². The lowest BCUT2D eigenvalue weighted by Crippen LogP contribution is -2.21. The van der Waals surface area contributed by atoms with Crippen LogP contribution in [0.1, 0.15) is 23.6 Å². The molecule has 1 aromatic heterocycles. The molecule has 0 spiro atoms. The molecule has 0 radical (unpaired) electrons. The van der Waals surface area contributed by atoms with Crippen molar-refractivity contribution in [1.29, 1.82) is 0 Å². The van der Waals surface area contributed by atoms with Gasteiger partial charge in [0.1, 0.15) is 5.82 Å². The average Bonchev–Trinajstić information content (AvgIpc) is 3.13. The summed E-state index contributed by atoms with van der Waals surface area (Å²) in [5, 5.41) is 10.2. The lowest BCUT2D eigenvalue weighted by Gasteiger charge is -2.10. The maximum atomic E-state index is 13.5. The largest absolute Gasteiger partial charge is 0.324 e. The fourth-order valence-electron chi connectivity index (χ4n) is 2.93. The van der Waals surface area contributed by atoms with E-state index in [4.69, 9.17) is 11.6 Å². The molecule has 1 fully saturated rings. The van der Waals surface area contributed by atoms with Crippen molar-refractivity contribution in [2.45, 2.75) is 24.8 Å². The minimum absolute atomic E-state index is 0.217. The van der Waals surface area contributed by atoms with Crippen LogP contribution >= 0.6 is 11.6 Å². The van der Waals surface area contributed by atoms with E-state index in [1.165, 1.54) is 10.7 Å². The summed E-state index contributed by atoms with van der Waals surface area (Å²) in [5.41, 5.74) is 1.79. The van der Waals surface area contributed by atoms with E-state index >= 15 is 0 Å². The summed E-state index contributed by atoms with van der Waals surface area (Å²) >= 11 is 5.84. The number of alkyl halides is 2. The molecule has 1 unspecified atom stereocenters. The predicted octanol–water partition coefficient (Wildman–Crippen LogP) is 5.35. The molecule has 5 nitrogen and oxygen atoms in total. The molecular formula is C20H17ClF2N4O. The van der Waals surface area contributed by atoms with Crippen molar-refractivity contribution in [1.82, 2.24) is 9.78 Å². The number of carbonyl (C=O) groups is 1. The van der Waals surface area contributed by atoms with Gasteiger partial charge >= 0.3 is 6.03 Å². The molecule has 144 valence electrons. The summed E-state index contributed by atoms with van der Waals surface area (Å²) in [4.78, 5) is 12.3. The van der Waals surface area contributed by atoms with Crippen molar-refractivity contribution < 1.29 is 13.6 Å². The fraction of sp³-hybridized carbons (Fsp3) is 0.200. The second-order valence-corrected chi connectivity index (χ2v) is 7.14. The van der Waals surface area contributed by atoms with E-state index in [0.717, 1.165) is 5.56 Å². The number of benzene rings is 2. The average molecular weight is 403 g/mol. The monoisotopic (exact) mass is 402 g/mol. The van der Waals surface area contributed by atoms with Crippen LogP contribution < -0.4 is 10.6 Å². The summed E-state index contributed by atoms with van der Waals surface area (Å²) in [5.74, 6) is -3.27. The number of hydrogen-bond donors (Lipinski definition) is 2. The number of nitrogens with one attached hydrogen (secondary N) is 2. The Kier molecular flexibility index (Phi) is 4.77. The van der Waals surface area contributed by atoms with Crippen molar-refractivity contribution in [3.8, 4) is 0 Å². The minimum Gasteiger partial charge on any atom is -0.308 e. The zero-order valence-corrected chi connectivity index (χ0v) is 15.5. The van der Waals surface area contributed by atoms with E-state index in [9.17, 15) is 13.6 Å². The van der Waals surface area contributed by atoms with E-state index in [0.29, 0.717) is 23.1 Å². The molecule has 0 aliphatic heterocycles. The van der Waals surface area contributed by atoms with Crippen molar-refractivity contribution in [3.05, 3.63) is 76.9 Å². The summed E-state index contributed by atoms with van der Waals surface area (Å²) in [7, 11) is 0. The van der Waals surface area contributed by atoms with Crippen molar-refractivity contribution >= 4 is 29.1 Å². The van der Waals surface area contributed by atoms with Gasteiger partial charge in [-0.25, -0.2) is 18.3 Å². The highest BCUT2D eigenvalue weighted by atomic mass is 35.5. The van der Waals surface area contributed by atoms with Gasteiger partial charge in [0, 0.05) is 23.2 Å². The molecule has 1 heterocycles. The van der Waals surface area contributed by atoms with Gasteiger partial charge in [0.25, 0.3) is 5.92 Å². The summed E-state index contributed by atoms with van der Waals surface area (Å²) in [6.07, 6.45) is -0.217. The Balaban J connectivity index is 1.53. The number of urea groups is 1. The standard InChI is InChI=1S/C20H17ClF2N4O/c21-14-6-8-15(9-7-14)24-19(28)25-18-10-17(16-11-20(16,22)23)26-27(18)12-13-4-2-1-3-5-13/h1-10,16H,11-12H2,(H2,24,25,28). The number of carbonyl (C=O) groups excluding carboxylic acids is 1. The maximum absolute atomic E-state index is 13.5. The third-order valence-corrected chi connectivity index (χ3v) is 4.75. The Morgan fingerprint density at radius 1 is 1.14 bits per heavy atom. The molecular weight excluding hydrogens is 386 g/mol. The fourth-order valence-corrected chi connectivity index (χ4v) is 3.06. The van der Waals surface area contributed by atoms with Gasteiger partial charge in [0.15, 0.2) is 0 Å². The summed E-state index contributed by atoms with van der Waals surface area (Å²) in [6, 6.07) is 17.1. The smallest absolute Gasteiger partial charge is 0.308 e. The number of rotatable bonds is 5. The highest BCUT2D eigenvalue weighted by molar-refractivity contribution is 6.30. The Hall–Kier alpha value is -2.93. The molecule has 0 bridgehead atoms. The maximum Gasteiger partial charge on any atom is 0.324 e. The minimum atomic E-state index is -2.73. The third-order valence-electron chi connectivity index (χ3n) is 4.50. The number of amides is 2. The topological polar surface area (TPSA) is 59.0 Å². The first kappa shape index (κ1) is 18.4. The zero-order valence-electron chi connectivity index (χ0n) is 14.7. The van der Waals surface area contributed by atoms with Gasteiger partial charge in [-0.3, -0.25) is 5.32 Å². The van der Waals surface area contributed by atoms with Crippen LogP contribution in [0.3, 0.4) is 0 Å². The molecule has 1 saturated carbocycles. The number of nitrogens with zero attached hydrogens (tertiary/aromatic N) is 2. The Bertz CT molecular complexity index is 989. The quantitative estimate of drug-likeness (QED) is 0.604. The van der Waals surface area contributed by atoms with Gasteiger partial charge in [0.05, 0.1) is 18.2 Å². The van der Waals surface area contributed by atoms with Crippen LogP contribution in [0.2, 0.25) is 5.02 Å². The van der Waals surface area contributed by atoms with Gasteiger partial charge in [-0.1, -0.05) is 41.9 Å². The molecule has 1 aliphatic carbocycles. The molecule has 4 rings (SSSR count). The van der Waals surface area contributed by atoms with E-state index in [1.54, 1.807) is 24.3 Å². The van der Waals surface area contributed by atoms with Crippen LogP contribution in [0.5, 0.6) is 0 Å². The molecule has 2 aromatic carbocycles. The lowest BCUT2D eigenvalue weighted by molar-refractivity contribution is 0.111. The Morgan fingerprint density at radius 2 is 1.82 bits per heavy atom. The van der Waals surface area contributed by atoms with Crippen molar-refractivity contribution in [2.24, 2.45) is 0 Å². The van der Waals surface area contributed by atoms with Crippen LogP contribution in [-0.2, 0) is 6.54 Å². The molecule has 3 aromatic rings. The second-order valence-electron chi connectivity index (χ2n) is 6.70. The van der Waals surface area contributed by atoms with Gasteiger partial charge in [0.2, 0.25) is 0 Å². The number of halogens is 3. The molecule has 1 aliphatic rings. The third kappa shape index (κ3) is 4.14. The van der Waals surface area contributed by atoms with E-state index in [-0.39, 0.29) is 12.1 Å². The molecule has 28 heavy (non-hydrogen) atoms. The first-order chi connectivity index (χ1) is 13.4. The highest BCUT2D eigenvalue weighted by Crippen LogP contribution is 2.55. The first-order valence-corrected chi connectivity index (χ1v) is 9.11. The predicted molar refractivity (Wildman–Crippen MR) is 104 cm³/mol. The number of anilines is 2.